The van der Waals surface area contributed by atoms with E-state index >= 15 is 0 Å². The summed E-state index contributed by atoms with van der Waals surface area (Å²) in [4.78, 5) is 26.6. The smallest absolute Gasteiger partial charge is 0.471 e. The van der Waals surface area contributed by atoms with Crippen LogP contribution in [0.3, 0.4) is 0 Å². The van der Waals surface area contributed by atoms with Gasteiger partial charge in [0.25, 0.3) is 5.91 Å². The van der Waals surface area contributed by atoms with E-state index in [2.05, 4.69) is 5.32 Å². The van der Waals surface area contributed by atoms with Crippen LogP contribution in [0.2, 0.25) is 5.02 Å². The molecule has 33 heavy (non-hydrogen) atoms. The monoisotopic (exact) mass is 483 g/mol. The Labute approximate surface area is 195 Å². The summed E-state index contributed by atoms with van der Waals surface area (Å²) in [6.07, 6.45) is -4.00. The molecule has 1 aliphatic heterocycles. The maximum absolute atomic E-state index is 12.7. The van der Waals surface area contributed by atoms with E-state index in [9.17, 15) is 22.8 Å². The number of hydrogen-bond donors (Lipinski definition) is 1. The number of nitrogens with one attached hydrogen (secondary N) is 1. The first-order valence-electron chi connectivity index (χ1n) is 10.6. The molecule has 0 saturated carbocycles. The van der Waals surface area contributed by atoms with Crippen molar-refractivity contribution in [3.63, 3.8) is 0 Å². The van der Waals surface area contributed by atoms with Crippen LogP contribution in [0.15, 0.2) is 42.5 Å². The number of benzene rings is 2. The molecule has 1 fully saturated rings. The number of hydrogen-bond acceptors (Lipinski definition) is 4. The number of carbonyl (C=O) groups is 2. The topological polar surface area (TPSA) is 61.9 Å². The third-order valence-corrected chi connectivity index (χ3v) is 5.67. The number of nitrogens with zero attached hydrogens (tertiary/aromatic N) is 2. The van der Waals surface area contributed by atoms with Gasteiger partial charge in [0.1, 0.15) is 5.75 Å². The standard InChI is InChI=1S/C23H25ClF3N3O3/c1-3-15(2)33-18-6-4-5-16(13-18)21(31)28-17-7-8-20(19(24)14-17)29-9-11-30(12-10-29)22(32)23(25,26)27/h4-8,13-15H,3,9-12H2,1-2H3,(H,28,31). The van der Waals surface area contributed by atoms with E-state index in [4.69, 9.17) is 16.3 Å². The van der Waals surface area contributed by atoms with Crippen LogP contribution in [0.4, 0.5) is 24.5 Å². The Morgan fingerprint density at radius 3 is 2.42 bits per heavy atom. The molecule has 2 amide bonds. The zero-order chi connectivity index (χ0) is 24.2. The molecule has 1 heterocycles. The van der Waals surface area contributed by atoms with Gasteiger partial charge in [-0.3, -0.25) is 9.59 Å². The number of anilines is 2. The minimum atomic E-state index is -4.88. The van der Waals surface area contributed by atoms with Crippen molar-refractivity contribution in [2.75, 3.05) is 36.4 Å². The van der Waals surface area contributed by atoms with Gasteiger partial charge in [0, 0.05) is 37.4 Å². The summed E-state index contributed by atoms with van der Waals surface area (Å²) in [6.45, 7) is 4.29. The lowest BCUT2D eigenvalue weighted by atomic mass is 10.2. The molecule has 178 valence electrons. The van der Waals surface area contributed by atoms with Crippen molar-refractivity contribution in [3.05, 3.63) is 53.1 Å². The van der Waals surface area contributed by atoms with E-state index in [0.717, 1.165) is 11.3 Å². The summed E-state index contributed by atoms with van der Waals surface area (Å²) >= 11 is 6.39. The lowest BCUT2D eigenvalue weighted by Gasteiger charge is -2.36. The second-order valence-corrected chi connectivity index (χ2v) is 8.17. The normalized spacial score (nSPS) is 15.2. The number of carbonyl (C=O) groups excluding carboxylic acids is 2. The molecule has 6 nitrogen and oxygen atoms in total. The van der Waals surface area contributed by atoms with Crippen molar-refractivity contribution >= 4 is 34.8 Å². The molecule has 0 radical (unpaired) electrons. The highest BCUT2D eigenvalue weighted by Gasteiger charge is 2.43. The molecule has 2 aromatic rings. The molecule has 0 aliphatic carbocycles. The van der Waals surface area contributed by atoms with E-state index in [1.807, 2.05) is 18.7 Å². The first kappa shape index (κ1) is 24.7. The van der Waals surface area contributed by atoms with Crippen molar-refractivity contribution in [3.8, 4) is 5.75 Å². The fourth-order valence-corrected chi connectivity index (χ4v) is 3.70. The number of alkyl halides is 3. The molecule has 1 saturated heterocycles. The third-order valence-electron chi connectivity index (χ3n) is 5.36. The maximum atomic E-state index is 12.7. The SMILES string of the molecule is CCC(C)Oc1cccc(C(=O)Nc2ccc(N3CCN(C(=O)C(F)(F)F)CC3)c(Cl)c2)c1. The van der Waals surface area contributed by atoms with Crippen LogP contribution in [0.1, 0.15) is 30.6 Å². The Kier molecular flexibility index (Phi) is 7.73. The zero-order valence-corrected chi connectivity index (χ0v) is 19.0. The lowest BCUT2D eigenvalue weighted by Crippen LogP contribution is -2.52. The van der Waals surface area contributed by atoms with Crippen molar-refractivity contribution in [1.82, 2.24) is 4.90 Å². The van der Waals surface area contributed by atoms with Crippen LogP contribution in [0.25, 0.3) is 0 Å². The van der Waals surface area contributed by atoms with E-state index < -0.39 is 12.1 Å². The Hall–Kier alpha value is -2.94. The van der Waals surface area contributed by atoms with E-state index in [0.29, 0.717) is 27.7 Å². The molecule has 1 atom stereocenters. The van der Waals surface area contributed by atoms with Crippen LogP contribution in [-0.2, 0) is 4.79 Å². The van der Waals surface area contributed by atoms with Gasteiger partial charge in [-0.2, -0.15) is 13.2 Å². The van der Waals surface area contributed by atoms with Gasteiger partial charge in [0.2, 0.25) is 0 Å². The molecular formula is C23H25ClF3N3O3. The summed E-state index contributed by atoms with van der Waals surface area (Å²) in [5.41, 5.74) is 1.53. The molecule has 0 aromatic heterocycles. The van der Waals surface area contributed by atoms with E-state index in [1.165, 1.54) is 0 Å². The molecule has 10 heteroatoms. The summed E-state index contributed by atoms with van der Waals surface area (Å²) in [6, 6.07) is 11.8. The predicted octanol–water partition coefficient (Wildman–Crippen LogP) is 4.98. The van der Waals surface area contributed by atoms with Crippen molar-refractivity contribution in [2.24, 2.45) is 0 Å². The number of amides is 2. The second-order valence-electron chi connectivity index (χ2n) is 7.76. The van der Waals surface area contributed by atoms with Crippen LogP contribution in [0, 0.1) is 0 Å². The largest absolute Gasteiger partial charge is 0.491 e. The molecule has 1 N–H and O–H groups in total. The van der Waals surface area contributed by atoms with Gasteiger partial charge in [0.05, 0.1) is 16.8 Å². The predicted molar refractivity (Wildman–Crippen MR) is 121 cm³/mol. The van der Waals surface area contributed by atoms with Crippen molar-refractivity contribution < 1.29 is 27.5 Å². The summed E-state index contributed by atoms with van der Waals surface area (Å²) in [5, 5.41) is 3.13. The van der Waals surface area contributed by atoms with Gasteiger partial charge in [-0.05, 0) is 49.7 Å². The van der Waals surface area contributed by atoms with Crippen molar-refractivity contribution in [2.45, 2.75) is 32.5 Å². The minimum Gasteiger partial charge on any atom is -0.491 e. The molecular weight excluding hydrogens is 459 g/mol. The molecule has 1 aliphatic rings. The lowest BCUT2D eigenvalue weighted by molar-refractivity contribution is -0.185. The number of halogens is 4. The van der Waals surface area contributed by atoms with Crippen LogP contribution >= 0.6 is 11.6 Å². The highest BCUT2D eigenvalue weighted by Crippen LogP contribution is 2.30. The Morgan fingerprint density at radius 2 is 1.82 bits per heavy atom. The van der Waals surface area contributed by atoms with E-state index in [-0.39, 0.29) is 38.2 Å². The van der Waals surface area contributed by atoms with E-state index in [1.54, 1.807) is 42.5 Å². The van der Waals surface area contributed by atoms with Gasteiger partial charge < -0.3 is 19.9 Å². The Bertz CT molecular complexity index is 1010. The molecule has 1 unspecified atom stereocenters. The summed E-state index contributed by atoms with van der Waals surface area (Å²) in [5.74, 6) is -1.55. The van der Waals surface area contributed by atoms with Gasteiger partial charge in [-0.15, -0.1) is 0 Å². The van der Waals surface area contributed by atoms with Crippen LogP contribution in [-0.4, -0.2) is 55.2 Å². The number of piperazine rings is 1. The average molecular weight is 484 g/mol. The Morgan fingerprint density at radius 1 is 1.12 bits per heavy atom. The third kappa shape index (κ3) is 6.31. The first-order chi connectivity index (χ1) is 15.6. The quantitative estimate of drug-likeness (QED) is 0.629. The second kappa shape index (κ2) is 10.3. The highest BCUT2D eigenvalue weighted by molar-refractivity contribution is 6.33. The first-order valence-corrected chi connectivity index (χ1v) is 10.9. The molecule has 0 spiro atoms. The van der Waals surface area contributed by atoms with Gasteiger partial charge in [0.15, 0.2) is 0 Å². The summed E-state index contributed by atoms with van der Waals surface area (Å²) < 4.78 is 43.6. The molecule has 0 bridgehead atoms. The highest BCUT2D eigenvalue weighted by atomic mass is 35.5. The summed E-state index contributed by atoms with van der Waals surface area (Å²) in [7, 11) is 0. The zero-order valence-electron chi connectivity index (χ0n) is 18.3. The average Bonchev–Trinajstić information content (AvgIpc) is 2.78. The molecule has 3 rings (SSSR count). The van der Waals surface area contributed by atoms with Gasteiger partial charge in [-0.25, -0.2) is 0 Å². The minimum absolute atomic E-state index is 0.0307. The van der Waals surface area contributed by atoms with Gasteiger partial charge in [-0.1, -0.05) is 24.6 Å². The fraction of sp³-hybridized carbons (Fsp3) is 0.391. The van der Waals surface area contributed by atoms with Gasteiger partial charge >= 0.3 is 12.1 Å². The van der Waals surface area contributed by atoms with Crippen molar-refractivity contribution in [1.29, 1.82) is 0 Å². The number of ether oxygens (including phenoxy) is 1. The van der Waals surface area contributed by atoms with Crippen LogP contribution < -0.4 is 15.0 Å². The van der Waals surface area contributed by atoms with Crippen LogP contribution in [0.5, 0.6) is 5.75 Å². The molecule has 2 aromatic carbocycles. The fourth-order valence-electron chi connectivity index (χ4n) is 3.40. The number of rotatable bonds is 6. The Balaban J connectivity index is 1.63. The maximum Gasteiger partial charge on any atom is 0.471 e.